The van der Waals surface area contributed by atoms with E-state index in [1.54, 1.807) is 4.90 Å². The summed E-state index contributed by atoms with van der Waals surface area (Å²) in [6.45, 7) is 10.2. The van der Waals surface area contributed by atoms with Crippen LogP contribution in [0.4, 0.5) is 11.4 Å². The molecule has 1 fully saturated rings. The van der Waals surface area contributed by atoms with E-state index in [9.17, 15) is 0 Å². The predicted molar refractivity (Wildman–Crippen MR) is 130 cm³/mol. The fourth-order valence-corrected chi connectivity index (χ4v) is 3.97. The summed E-state index contributed by atoms with van der Waals surface area (Å²) in [5.41, 5.74) is 4.53. The summed E-state index contributed by atoms with van der Waals surface area (Å²) in [7, 11) is 0. The molecule has 5 nitrogen and oxygen atoms in total. The molecule has 0 unspecified atom stereocenters. The maximum absolute atomic E-state index is 5.60. The zero-order valence-corrected chi connectivity index (χ0v) is 18.8. The van der Waals surface area contributed by atoms with E-state index in [0.29, 0.717) is 5.11 Å². The zero-order chi connectivity index (χ0) is 20.6. The van der Waals surface area contributed by atoms with Crippen molar-refractivity contribution in [3.8, 4) is 0 Å². The van der Waals surface area contributed by atoms with Crippen molar-refractivity contribution in [2.45, 2.75) is 13.8 Å². The standard InChI is InChI=1S/C22H29N5S2/c1-17-5-3-7-19(15-17)24-21(28)23-9-10-26-11-13-27(14-12-26)22(29)25-20-8-4-6-18(2)16-20/h3-8,15-16H,9-14H2,1-2H3,(H,25,29)(H2,23,24,28)/p+1. The maximum Gasteiger partial charge on any atom is 0.173 e. The van der Waals surface area contributed by atoms with Crippen LogP contribution in [0.1, 0.15) is 11.1 Å². The Balaban J connectivity index is 1.34. The third-order valence-electron chi connectivity index (χ3n) is 5.07. The van der Waals surface area contributed by atoms with Crippen LogP contribution in [0.25, 0.3) is 0 Å². The van der Waals surface area contributed by atoms with Gasteiger partial charge in [-0.2, -0.15) is 0 Å². The molecule has 0 atom stereocenters. The van der Waals surface area contributed by atoms with Crippen LogP contribution < -0.4 is 20.9 Å². The van der Waals surface area contributed by atoms with Gasteiger partial charge in [0.2, 0.25) is 0 Å². The van der Waals surface area contributed by atoms with Gasteiger partial charge in [-0.05, 0) is 73.7 Å². The Hall–Kier alpha value is -2.22. The molecule has 0 spiro atoms. The lowest BCUT2D eigenvalue weighted by Crippen LogP contribution is -3.15. The molecule has 2 aromatic carbocycles. The van der Waals surface area contributed by atoms with E-state index >= 15 is 0 Å². The second-order valence-electron chi connectivity index (χ2n) is 7.54. The van der Waals surface area contributed by atoms with Gasteiger partial charge in [0.05, 0.1) is 39.3 Å². The van der Waals surface area contributed by atoms with E-state index in [1.165, 1.54) is 11.1 Å². The monoisotopic (exact) mass is 428 g/mol. The maximum atomic E-state index is 5.60. The van der Waals surface area contributed by atoms with Gasteiger partial charge < -0.3 is 25.8 Å². The molecule has 1 saturated heterocycles. The quantitative estimate of drug-likeness (QED) is 0.548. The first-order chi connectivity index (χ1) is 14.0. The van der Waals surface area contributed by atoms with Crippen LogP contribution in [0.3, 0.4) is 0 Å². The fourth-order valence-electron chi connectivity index (χ4n) is 3.45. The van der Waals surface area contributed by atoms with Crippen molar-refractivity contribution in [2.24, 2.45) is 0 Å². The number of hydrogen-bond donors (Lipinski definition) is 4. The normalized spacial score (nSPS) is 14.3. The van der Waals surface area contributed by atoms with E-state index < -0.39 is 0 Å². The van der Waals surface area contributed by atoms with E-state index in [4.69, 9.17) is 24.4 Å². The number of thiocarbonyl (C=S) groups is 2. The summed E-state index contributed by atoms with van der Waals surface area (Å²) in [4.78, 5) is 3.84. The van der Waals surface area contributed by atoms with Crippen molar-refractivity contribution in [3.05, 3.63) is 59.7 Å². The second-order valence-corrected chi connectivity index (χ2v) is 8.33. The summed E-state index contributed by atoms with van der Waals surface area (Å²) in [6, 6.07) is 16.5. The first-order valence-electron chi connectivity index (χ1n) is 10.1. The molecular formula is C22H30N5S2+. The highest BCUT2D eigenvalue weighted by Gasteiger charge is 2.21. The van der Waals surface area contributed by atoms with Crippen LogP contribution >= 0.6 is 24.4 Å². The van der Waals surface area contributed by atoms with Crippen molar-refractivity contribution in [1.82, 2.24) is 10.2 Å². The molecule has 1 aliphatic heterocycles. The summed E-state index contributed by atoms with van der Waals surface area (Å²) in [5, 5.41) is 11.4. The molecule has 29 heavy (non-hydrogen) atoms. The van der Waals surface area contributed by atoms with Gasteiger partial charge in [-0.1, -0.05) is 24.3 Å². The molecule has 0 saturated carbocycles. The number of nitrogens with zero attached hydrogens (tertiary/aromatic N) is 1. The summed E-state index contributed by atoms with van der Waals surface area (Å²) < 4.78 is 0. The molecule has 0 amide bonds. The van der Waals surface area contributed by atoms with Crippen LogP contribution in [-0.4, -0.2) is 54.4 Å². The van der Waals surface area contributed by atoms with Gasteiger partial charge in [-0.3, -0.25) is 0 Å². The molecule has 1 aliphatic rings. The minimum atomic E-state index is 0.678. The first-order valence-corrected chi connectivity index (χ1v) is 10.9. The smallest absolute Gasteiger partial charge is 0.173 e. The summed E-state index contributed by atoms with van der Waals surface area (Å²) >= 11 is 11.0. The predicted octanol–water partition coefficient (Wildman–Crippen LogP) is 2.19. The molecule has 1 heterocycles. The zero-order valence-electron chi connectivity index (χ0n) is 17.1. The lowest BCUT2D eigenvalue weighted by atomic mass is 10.2. The van der Waals surface area contributed by atoms with Crippen LogP contribution in [0.2, 0.25) is 0 Å². The minimum Gasteiger partial charge on any atom is -0.357 e. The van der Waals surface area contributed by atoms with Gasteiger partial charge in [-0.25, -0.2) is 0 Å². The third kappa shape index (κ3) is 6.96. The molecular weight excluding hydrogens is 398 g/mol. The molecule has 154 valence electrons. The highest BCUT2D eigenvalue weighted by atomic mass is 32.1. The Morgan fingerprint density at radius 2 is 1.52 bits per heavy atom. The summed E-state index contributed by atoms with van der Waals surface area (Å²) in [5.74, 6) is 0. The topological polar surface area (TPSA) is 43.8 Å². The Labute approximate surface area is 184 Å². The Morgan fingerprint density at radius 1 is 0.931 bits per heavy atom. The molecule has 0 aromatic heterocycles. The molecule has 0 radical (unpaired) electrons. The molecule has 3 rings (SSSR count). The highest BCUT2D eigenvalue weighted by Crippen LogP contribution is 2.11. The number of benzene rings is 2. The largest absolute Gasteiger partial charge is 0.357 e. The van der Waals surface area contributed by atoms with Crippen LogP contribution in [-0.2, 0) is 0 Å². The average Bonchev–Trinajstić information content (AvgIpc) is 2.68. The number of hydrogen-bond acceptors (Lipinski definition) is 2. The molecule has 0 aliphatic carbocycles. The van der Waals surface area contributed by atoms with E-state index in [0.717, 1.165) is 55.8 Å². The van der Waals surface area contributed by atoms with Gasteiger partial charge in [0.1, 0.15) is 0 Å². The van der Waals surface area contributed by atoms with Crippen LogP contribution in [0, 0.1) is 13.8 Å². The molecule has 0 bridgehead atoms. The lowest BCUT2D eigenvalue weighted by molar-refractivity contribution is -0.902. The van der Waals surface area contributed by atoms with Gasteiger partial charge in [-0.15, -0.1) is 0 Å². The fraction of sp³-hybridized carbons (Fsp3) is 0.364. The first kappa shape index (κ1) is 21.5. The Morgan fingerprint density at radius 3 is 2.10 bits per heavy atom. The van der Waals surface area contributed by atoms with E-state index in [2.05, 4.69) is 65.0 Å². The molecule has 7 heteroatoms. The van der Waals surface area contributed by atoms with Gasteiger partial charge in [0.25, 0.3) is 0 Å². The van der Waals surface area contributed by atoms with Crippen molar-refractivity contribution >= 4 is 46.0 Å². The number of nitrogens with one attached hydrogen (secondary N) is 4. The number of quaternary nitrogens is 1. The highest BCUT2D eigenvalue weighted by molar-refractivity contribution is 7.80. The van der Waals surface area contributed by atoms with Crippen molar-refractivity contribution in [1.29, 1.82) is 0 Å². The Bertz CT molecular complexity index is 844. The minimum absolute atomic E-state index is 0.678. The van der Waals surface area contributed by atoms with Gasteiger partial charge >= 0.3 is 0 Å². The van der Waals surface area contributed by atoms with Crippen molar-refractivity contribution in [2.75, 3.05) is 49.9 Å². The van der Waals surface area contributed by atoms with Gasteiger partial charge in [0, 0.05) is 11.4 Å². The lowest BCUT2D eigenvalue weighted by Gasteiger charge is -2.34. The number of piperazine rings is 1. The number of anilines is 2. The van der Waals surface area contributed by atoms with Gasteiger partial charge in [0.15, 0.2) is 10.2 Å². The molecule has 2 aromatic rings. The Kier molecular flexibility index (Phi) is 7.80. The SMILES string of the molecule is Cc1cccc(NC(=S)NCC[NH+]2CCN(C(=S)Nc3cccc(C)c3)CC2)c1. The number of rotatable bonds is 5. The van der Waals surface area contributed by atoms with Crippen LogP contribution in [0.5, 0.6) is 0 Å². The van der Waals surface area contributed by atoms with Crippen molar-refractivity contribution < 1.29 is 4.90 Å². The van der Waals surface area contributed by atoms with Crippen molar-refractivity contribution in [3.63, 3.8) is 0 Å². The second kappa shape index (κ2) is 10.5. The van der Waals surface area contributed by atoms with E-state index in [-0.39, 0.29) is 0 Å². The third-order valence-corrected chi connectivity index (χ3v) is 5.67. The molecule has 4 N–H and O–H groups in total. The van der Waals surface area contributed by atoms with Crippen LogP contribution in [0.15, 0.2) is 48.5 Å². The average molecular weight is 429 g/mol. The number of aryl methyl sites for hydroxylation is 2. The van der Waals surface area contributed by atoms with E-state index in [1.807, 2.05) is 18.2 Å². The summed E-state index contributed by atoms with van der Waals surface area (Å²) in [6.07, 6.45) is 0.